The maximum Gasteiger partial charge on any atom is 0.344 e. The minimum atomic E-state index is -3.14. The normalized spacial score (nSPS) is 17.2. The summed E-state index contributed by atoms with van der Waals surface area (Å²) in [7, 11) is -4.92. The third-order valence-corrected chi connectivity index (χ3v) is 16.6. The van der Waals surface area contributed by atoms with Crippen LogP contribution < -0.4 is 0 Å². The van der Waals surface area contributed by atoms with E-state index in [1.165, 1.54) is 0 Å². The first-order chi connectivity index (χ1) is 7.56. The van der Waals surface area contributed by atoms with Gasteiger partial charge < -0.3 is 9.05 Å². The fourth-order valence-corrected chi connectivity index (χ4v) is 9.94. The molecule has 6 heteroatoms. The summed E-state index contributed by atoms with van der Waals surface area (Å²) in [6.07, 6.45) is 0. The molecule has 17 heavy (non-hydrogen) atoms. The first-order valence-electron chi connectivity index (χ1n) is 6.15. The summed E-state index contributed by atoms with van der Waals surface area (Å²) < 4.78 is 23.6. The van der Waals surface area contributed by atoms with Crippen molar-refractivity contribution in [3.8, 4) is 0 Å². The summed E-state index contributed by atoms with van der Waals surface area (Å²) in [5, 5.41) is 0. The topological polar surface area (TPSA) is 35.5 Å². The first kappa shape index (κ1) is 17.8. The molecule has 0 aliphatic carbocycles. The van der Waals surface area contributed by atoms with E-state index in [2.05, 4.69) is 49.4 Å². The molecule has 3 nitrogen and oxygen atoms in total. The van der Waals surface area contributed by atoms with E-state index in [4.69, 9.17) is 9.05 Å². The molecule has 0 fully saturated rings. The summed E-state index contributed by atoms with van der Waals surface area (Å²) in [6, 6.07) is 0. The van der Waals surface area contributed by atoms with Gasteiger partial charge in [-0.1, -0.05) is 49.4 Å². The summed E-state index contributed by atoms with van der Waals surface area (Å²) in [5.41, 5.74) is 0. The second-order valence-corrected chi connectivity index (χ2v) is 15.9. The number of hydrogen-bond donors (Lipinski definition) is 0. The van der Waals surface area contributed by atoms with Gasteiger partial charge in [0.2, 0.25) is 0 Å². The van der Waals surface area contributed by atoms with Crippen LogP contribution in [0.15, 0.2) is 0 Å². The number of halogens is 1. The SMILES string of the molecule is CCOP(=O)(OCC)C(Br)(C(C)C)[Si](C)(C)C. The van der Waals surface area contributed by atoms with Gasteiger partial charge in [0.15, 0.2) is 0 Å². The van der Waals surface area contributed by atoms with Crippen LogP contribution in [0.4, 0.5) is 0 Å². The van der Waals surface area contributed by atoms with Crippen molar-refractivity contribution in [3.05, 3.63) is 0 Å². The molecule has 0 bridgehead atoms. The minimum Gasteiger partial charge on any atom is -0.308 e. The second kappa shape index (κ2) is 6.33. The maximum absolute atomic E-state index is 13.1. The Hall–Kier alpha value is 0.847. The molecule has 1 unspecified atom stereocenters. The highest BCUT2D eigenvalue weighted by Crippen LogP contribution is 2.69. The van der Waals surface area contributed by atoms with E-state index in [1.807, 2.05) is 13.8 Å². The van der Waals surface area contributed by atoms with Crippen LogP contribution in [0.2, 0.25) is 19.6 Å². The van der Waals surface area contributed by atoms with Crippen LogP contribution in [-0.2, 0) is 13.6 Å². The highest BCUT2D eigenvalue weighted by atomic mass is 79.9. The molecule has 0 aliphatic rings. The predicted molar refractivity (Wildman–Crippen MR) is 80.7 cm³/mol. The van der Waals surface area contributed by atoms with Gasteiger partial charge in [0.1, 0.15) is 3.69 Å². The van der Waals surface area contributed by atoms with E-state index >= 15 is 0 Å². The zero-order chi connectivity index (χ0) is 13.9. The van der Waals surface area contributed by atoms with E-state index in [1.54, 1.807) is 0 Å². The molecule has 0 aromatic carbocycles. The molecule has 0 saturated heterocycles. The molecule has 0 spiro atoms. The van der Waals surface area contributed by atoms with Crippen molar-refractivity contribution in [3.63, 3.8) is 0 Å². The standard InChI is InChI=1S/C11H26BrO3PSi/c1-8-14-16(13,15-9-2)11(12,10(3)4)17(5,6)7/h10H,8-9H2,1-7H3. The Morgan fingerprint density at radius 2 is 1.53 bits per heavy atom. The van der Waals surface area contributed by atoms with Gasteiger partial charge in [-0.15, -0.1) is 0 Å². The fourth-order valence-electron chi connectivity index (χ4n) is 2.16. The average molecular weight is 345 g/mol. The third-order valence-electron chi connectivity index (χ3n) is 2.81. The molecule has 0 aliphatic heterocycles. The molecule has 0 aromatic heterocycles. The Bertz CT molecular complexity index is 281. The Morgan fingerprint density at radius 1 is 1.18 bits per heavy atom. The Kier molecular flexibility index (Phi) is 6.65. The van der Waals surface area contributed by atoms with Gasteiger partial charge >= 0.3 is 7.60 Å². The molecule has 104 valence electrons. The minimum absolute atomic E-state index is 0.193. The van der Waals surface area contributed by atoms with Gasteiger partial charge in [-0.2, -0.15) is 0 Å². The Morgan fingerprint density at radius 3 is 1.71 bits per heavy atom. The van der Waals surface area contributed by atoms with Crippen molar-refractivity contribution in [2.75, 3.05) is 13.2 Å². The van der Waals surface area contributed by atoms with Crippen LogP contribution in [0.5, 0.6) is 0 Å². The van der Waals surface area contributed by atoms with E-state index in [0.29, 0.717) is 13.2 Å². The van der Waals surface area contributed by atoms with Crippen LogP contribution in [-0.4, -0.2) is 25.0 Å². The van der Waals surface area contributed by atoms with Crippen molar-refractivity contribution in [2.24, 2.45) is 5.92 Å². The zero-order valence-electron chi connectivity index (χ0n) is 12.0. The van der Waals surface area contributed by atoms with Crippen molar-refractivity contribution in [2.45, 2.75) is 51.0 Å². The summed E-state index contributed by atoms with van der Waals surface area (Å²) >= 11 is 3.74. The second-order valence-electron chi connectivity index (χ2n) is 5.41. The predicted octanol–water partition coefficient (Wildman–Crippen LogP) is 4.88. The maximum atomic E-state index is 13.1. The van der Waals surface area contributed by atoms with Gasteiger partial charge in [-0.25, -0.2) is 0 Å². The van der Waals surface area contributed by atoms with Crippen molar-refractivity contribution in [1.29, 1.82) is 0 Å². The summed E-state index contributed by atoms with van der Waals surface area (Å²) in [6.45, 7) is 15.2. The van der Waals surface area contributed by atoms with Gasteiger partial charge in [0, 0.05) is 0 Å². The van der Waals surface area contributed by atoms with Crippen LogP contribution in [0.3, 0.4) is 0 Å². The largest absolute Gasteiger partial charge is 0.344 e. The molecule has 0 aromatic rings. The first-order valence-corrected chi connectivity index (χ1v) is 12.0. The number of hydrogen-bond acceptors (Lipinski definition) is 3. The number of rotatable bonds is 7. The monoisotopic (exact) mass is 344 g/mol. The highest BCUT2D eigenvalue weighted by Gasteiger charge is 2.59. The van der Waals surface area contributed by atoms with Gasteiger partial charge in [-0.3, -0.25) is 4.57 Å². The molecule has 0 radical (unpaired) electrons. The van der Waals surface area contributed by atoms with E-state index in [0.717, 1.165) is 0 Å². The lowest BCUT2D eigenvalue weighted by Crippen LogP contribution is -2.51. The molecule has 0 rings (SSSR count). The van der Waals surface area contributed by atoms with Crippen LogP contribution >= 0.6 is 23.5 Å². The van der Waals surface area contributed by atoms with Gasteiger partial charge in [0.25, 0.3) is 0 Å². The van der Waals surface area contributed by atoms with Crippen molar-refractivity contribution >= 4 is 31.6 Å². The quantitative estimate of drug-likeness (QED) is 0.375. The van der Waals surface area contributed by atoms with Crippen molar-refractivity contribution in [1.82, 2.24) is 0 Å². The lowest BCUT2D eigenvalue weighted by atomic mass is 10.3. The highest BCUT2D eigenvalue weighted by molar-refractivity contribution is 9.11. The van der Waals surface area contributed by atoms with Crippen LogP contribution in [0, 0.1) is 5.92 Å². The smallest absolute Gasteiger partial charge is 0.308 e. The van der Waals surface area contributed by atoms with Crippen LogP contribution in [0.25, 0.3) is 0 Å². The van der Waals surface area contributed by atoms with E-state index in [-0.39, 0.29) is 5.92 Å². The Balaban J connectivity index is 5.64. The zero-order valence-corrected chi connectivity index (χ0v) is 15.5. The molecule has 1 atom stereocenters. The van der Waals surface area contributed by atoms with Gasteiger partial charge in [-0.05, 0) is 19.8 Å². The molecular weight excluding hydrogens is 319 g/mol. The molecule has 0 heterocycles. The van der Waals surface area contributed by atoms with Crippen molar-refractivity contribution < 1.29 is 13.6 Å². The lowest BCUT2D eigenvalue weighted by molar-refractivity contribution is 0.210. The van der Waals surface area contributed by atoms with Gasteiger partial charge in [0.05, 0.1) is 21.3 Å². The molecule has 0 saturated carbocycles. The van der Waals surface area contributed by atoms with Crippen LogP contribution in [0.1, 0.15) is 27.7 Å². The fraction of sp³-hybridized carbons (Fsp3) is 1.00. The third kappa shape index (κ3) is 3.44. The average Bonchev–Trinajstić information content (AvgIpc) is 2.14. The summed E-state index contributed by atoms with van der Waals surface area (Å²) in [5.74, 6) is 0.193. The van der Waals surface area contributed by atoms with E-state index in [9.17, 15) is 4.57 Å². The summed E-state index contributed by atoms with van der Waals surface area (Å²) in [4.78, 5) is 0. The number of alkyl halides is 1. The Labute approximate surface area is 115 Å². The molecule has 0 amide bonds. The molecule has 0 N–H and O–H groups in total. The van der Waals surface area contributed by atoms with E-state index < -0.39 is 19.4 Å². The molecular formula is C11H26BrO3PSi. The lowest BCUT2D eigenvalue weighted by Gasteiger charge is -2.45.